The molecule has 0 bridgehead atoms. The second-order valence-electron chi connectivity index (χ2n) is 4.86. The summed E-state index contributed by atoms with van der Waals surface area (Å²) in [6.45, 7) is 8.45. The summed E-state index contributed by atoms with van der Waals surface area (Å²) in [4.78, 5) is 0. The quantitative estimate of drug-likeness (QED) is 0.633. The predicted molar refractivity (Wildman–Crippen MR) is 70.5 cm³/mol. The van der Waals surface area contributed by atoms with Crippen LogP contribution in [0.4, 0.5) is 0 Å². The van der Waals surface area contributed by atoms with Crippen molar-refractivity contribution in [2.45, 2.75) is 33.2 Å². The fourth-order valence-electron chi connectivity index (χ4n) is 2.69. The zero-order chi connectivity index (χ0) is 12.6. The molecule has 1 aromatic carbocycles. The Kier molecular flexibility index (Phi) is 6.23. The van der Waals surface area contributed by atoms with E-state index in [1.54, 1.807) is 0 Å². The van der Waals surface area contributed by atoms with Gasteiger partial charge in [-0.15, -0.1) is 0 Å². The van der Waals surface area contributed by atoms with Gasteiger partial charge in [-0.3, -0.25) is 0 Å². The molecule has 1 rings (SSSR count). The largest absolute Gasteiger partial charge is 0.850 e. The third-order valence-electron chi connectivity index (χ3n) is 3.32. The van der Waals surface area contributed by atoms with Crippen LogP contribution < -0.4 is 5.11 Å². The van der Waals surface area contributed by atoms with Crippen molar-refractivity contribution in [3.63, 3.8) is 0 Å². The molecule has 2 nitrogen and oxygen atoms in total. The monoisotopic (exact) mass is 235 g/mol. The Morgan fingerprint density at radius 3 is 2.00 bits per heavy atom. The van der Waals surface area contributed by atoms with Crippen LogP contribution in [0.3, 0.4) is 0 Å². The highest BCUT2D eigenvalue weighted by molar-refractivity contribution is 5.13. The third-order valence-corrected chi connectivity index (χ3v) is 3.32. The molecular formula is C15H25NO. The Labute approximate surface area is 105 Å². The third kappa shape index (κ3) is 4.49. The number of hydrogen-bond donors (Lipinski definition) is 0. The smallest absolute Gasteiger partial charge is 0.104 e. The molecule has 0 atom stereocenters. The molecule has 0 saturated carbocycles. The Morgan fingerprint density at radius 1 is 0.941 bits per heavy atom. The topological polar surface area (TPSA) is 23.1 Å². The molecule has 0 saturated heterocycles. The van der Waals surface area contributed by atoms with E-state index in [0.717, 1.165) is 43.5 Å². The van der Waals surface area contributed by atoms with Gasteiger partial charge in [0.15, 0.2) is 0 Å². The maximum Gasteiger partial charge on any atom is 0.104 e. The highest BCUT2D eigenvalue weighted by Gasteiger charge is 2.23. The zero-order valence-electron chi connectivity index (χ0n) is 11.2. The van der Waals surface area contributed by atoms with Crippen LogP contribution in [-0.4, -0.2) is 30.7 Å². The fraction of sp³-hybridized carbons (Fsp3) is 0.600. The van der Waals surface area contributed by atoms with Crippen LogP contribution in [0.5, 0.6) is 0 Å². The first-order chi connectivity index (χ1) is 8.26. The molecule has 0 unspecified atom stereocenters. The normalized spacial score (nSPS) is 11.7. The van der Waals surface area contributed by atoms with E-state index in [1.807, 2.05) is 6.07 Å². The highest BCUT2D eigenvalue weighted by Crippen LogP contribution is 2.16. The first kappa shape index (κ1) is 14.2. The van der Waals surface area contributed by atoms with Crippen LogP contribution in [0.1, 0.15) is 32.3 Å². The molecule has 0 aliphatic heterocycles. The van der Waals surface area contributed by atoms with Crippen LogP contribution in [0, 0.1) is 0 Å². The van der Waals surface area contributed by atoms with Gasteiger partial charge in [0.1, 0.15) is 6.54 Å². The first-order valence-electron chi connectivity index (χ1n) is 6.73. The lowest BCUT2D eigenvalue weighted by Crippen LogP contribution is -2.51. The second-order valence-corrected chi connectivity index (χ2v) is 4.86. The predicted octanol–water partition coefficient (Wildman–Crippen LogP) is 2.18. The van der Waals surface area contributed by atoms with Crippen LogP contribution in [0.2, 0.25) is 0 Å². The summed E-state index contributed by atoms with van der Waals surface area (Å²) in [6, 6.07) is 10.6. The summed E-state index contributed by atoms with van der Waals surface area (Å²) in [7, 11) is 0. The molecule has 0 amide bonds. The fourth-order valence-corrected chi connectivity index (χ4v) is 2.69. The second kappa shape index (κ2) is 7.46. The summed E-state index contributed by atoms with van der Waals surface area (Å²) in [5, 5.41) is 11.1. The van der Waals surface area contributed by atoms with Crippen molar-refractivity contribution in [3.8, 4) is 0 Å². The first-order valence-corrected chi connectivity index (χ1v) is 6.73. The summed E-state index contributed by atoms with van der Waals surface area (Å²) in [5.41, 5.74) is 1.35. The van der Waals surface area contributed by atoms with Crippen LogP contribution in [0.15, 0.2) is 30.3 Å². The summed E-state index contributed by atoms with van der Waals surface area (Å²) >= 11 is 0. The molecule has 0 aromatic heterocycles. The molecule has 0 radical (unpaired) electrons. The maximum atomic E-state index is 11.1. The van der Waals surface area contributed by atoms with Crippen molar-refractivity contribution < 1.29 is 9.59 Å². The molecule has 0 spiro atoms. The van der Waals surface area contributed by atoms with Crippen molar-refractivity contribution >= 4 is 0 Å². The summed E-state index contributed by atoms with van der Waals surface area (Å²) in [5.74, 6) is 0. The van der Waals surface area contributed by atoms with Gasteiger partial charge in [0.05, 0.1) is 19.6 Å². The number of hydrogen-bond acceptors (Lipinski definition) is 1. The van der Waals surface area contributed by atoms with E-state index in [-0.39, 0.29) is 6.61 Å². The SMILES string of the molecule is CCC[N+](CCC)(CC[O-])Cc1ccccc1. The van der Waals surface area contributed by atoms with Gasteiger partial charge in [-0.1, -0.05) is 50.8 Å². The van der Waals surface area contributed by atoms with Crippen molar-refractivity contribution in [2.75, 3.05) is 26.2 Å². The van der Waals surface area contributed by atoms with E-state index in [2.05, 4.69) is 38.1 Å². The van der Waals surface area contributed by atoms with Crippen LogP contribution in [-0.2, 0) is 6.54 Å². The molecule has 96 valence electrons. The average molecular weight is 235 g/mol. The maximum absolute atomic E-state index is 11.1. The van der Waals surface area contributed by atoms with Gasteiger partial charge >= 0.3 is 0 Å². The lowest BCUT2D eigenvalue weighted by Gasteiger charge is -2.40. The Balaban J connectivity index is 2.80. The molecular weight excluding hydrogens is 210 g/mol. The van der Waals surface area contributed by atoms with Gasteiger partial charge in [-0.25, -0.2) is 0 Å². The minimum Gasteiger partial charge on any atom is -0.850 e. The van der Waals surface area contributed by atoms with E-state index in [0.29, 0.717) is 0 Å². The molecule has 0 aliphatic carbocycles. The van der Waals surface area contributed by atoms with E-state index >= 15 is 0 Å². The van der Waals surface area contributed by atoms with Gasteiger partial charge in [0.25, 0.3) is 0 Å². The highest BCUT2D eigenvalue weighted by atomic mass is 16.3. The number of rotatable bonds is 8. The standard InChI is InChI=1S/C15H25NO/c1-3-10-16(11-4-2,12-13-17)14-15-8-6-5-7-9-15/h5-9H,3-4,10-14H2,1-2H3. The van der Waals surface area contributed by atoms with Gasteiger partial charge in [0.2, 0.25) is 0 Å². The lowest BCUT2D eigenvalue weighted by molar-refractivity contribution is -0.945. The van der Waals surface area contributed by atoms with E-state index in [4.69, 9.17) is 0 Å². The van der Waals surface area contributed by atoms with E-state index < -0.39 is 0 Å². The Hall–Kier alpha value is -0.860. The van der Waals surface area contributed by atoms with Gasteiger partial charge in [0, 0.05) is 5.56 Å². The van der Waals surface area contributed by atoms with E-state index in [1.165, 1.54) is 5.56 Å². The lowest BCUT2D eigenvalue weighted by atomic mass is 10.1. The van der Waals surface area contributed by atoms with Gasteiger partial charge in [-0.05, 0) is 12.8 Å². The minimum atomic E-state index is 0.0346. The van der Waals surface area contributed by atoms with Gasteiger partial charge in [-0.2, -0.15) is 0 Å². The van der Waals surface area contributed by atoms with Gasteiger partial charge < -0.3 is 9.59 Å². The molecule has 0 N–H and O–H groups in total. The molecule has 0 fully saturated rings. The molecule has 1 aromatic rings. The van der Waals surface area contributed by atoms with Crippen molar-refractivity contribution in [3.05, 3.63) is 35.9 Å². The molecule has 0 heterocycles. The average Bonchev–Trinajstić information content (AvgIpc) is 2.31. The Bertz CT molecular complexity index is 280. The van der Waals surface area contributed by atoms with Crippen LogP contribution in [0.25, 0.3) is 0 Å². The number of quaternary nitrogens is 1. The van der Waals surface area contributed by atoms with Crippen molar-refractivity contribution in [1.29, 1.82) is 0 Å². The van der Waals surface area contributed by atoms with Crippen molar-refractivity contribution in [2.24, 2.45) is 0 Å². The number of nitrogens with zero attached hydrogens (tertiary/aromatic N) is 1. The van der Waals surface area contributed by atoms with E-state index in [9.17, 15) is 5.11 Å². The molecule has 17 heavy (non-hydrogen) atoms. The summed E-state index contributed by atoms with van der Waals surface area (Å²) < 4.78 is 0.959. The zero-order valence-corrected chi connectivity index (χ0v) is 11.2. The Morgan fingerprint density at radius 2 is 1.53 bits per heavy atom. The van der Waals surface area contributed by atoms with Crippen LogP contribution >= 0.6 is 0 Å². The number of benzene rings is 1. The minimum absolute atomic E-state index is 0.0346. The molecule has 0 aliphatic rings. The molecule has 2 heteroatoms. The van der Waals surface area contributed by atoms with Crippen molar-refractivity contribution in [1.82, 2.24) is 0 Å². The summed E-state index contributed by atoms with van der Waals surface area (Å²) in [6.07, 6.45) is 2.29.